The van der Waals surface area contributed by atoms with Gasteiger partial charge in [0.25, 0.3) is 0 Å². The van der Waals surface area contributed by atoms with E-state index in [1.807, 2.05) is 0 Å². The minimum absolute atomic E-state index is 0.0278. The molecule has 0 bridgehead atoms. The van der Waals surface area contributed by atoms with Crippen molar-refractivity contribution in [1.29, 1.82) is 0 Å². The van der Waals surface area contributed by atoms with Gasteiger partial charge in [0.05, 0.1) is 6.10 Å². The van der Waals surface area contributed by atoms with Crippen LogP contribution in [0.25, 0.3) is 0 Å². The van der Waals surface area contributed by atoms with Crippen LogP contribution < -0.4 is 5.73 Å². The largest absolute Gasteiger partial charge is 0.376 e. The van der Waals surface area contributed by atoms with E-state index in [2.05, 4.69) is 6.58 Å². The average Bonchev–Trinajstić information content (AvgIpc) is 1.72. The number of hydrogen-bond donors (Lipinski definition) is 1. The number of hydrogen-bond acceptors (Lipinski definition) is 2. The van der Waals surface area contributed by atoms with Gasteiger partial charge in [-0.2, -0.15) is 0 Å². The second kappa shape index (κ2) is 3.84. The molecule has 0 aliphatic carbocycles. The first-order chi connectivity index (χ1) is 3.35. The fourth-order valence-corrected chi connectivity index (χ4v) is 0.289. The van der Waals surface area contributed by atoms with Crippen molar-refractivity contribution >= 4 is 0 Å². The second-order valence-electron chi connectivity index (χ2n) is 1.25. The van der Waals surface area contributed by atoms with Crippen LogP contribution in [0.2, 0.25) is 0 Å². The molecule has 0 rings (SSSR count). The molecule has 0 aromatic rings. The Morgan fingerprint density at radius 1 is 2.00 bits per heavy atom. The van der Waals surface area contributed by atoms with Gasteiger partial charge in [-0.15, -0.1) is 6.58 Å². The summed E-state index contributed by atoms with van der Waals surface area (Å²) in [6, 6.07) is 0. The van der Waals surface area contributed by atoms with Gasteiger partial charge in [-0.1, -0.05) is 6.08 Å². The zero-order chi connectivity index (χ0) is 5.70. The fourth-order valence-electron chi connectivity index (χ4n) is 0.289. The van der Waals surface area contributed by atoms with E-state index in [9.17, 15) is 0 Å². The average molecular weight is 101 g/mol. The Balaban J connectivity index is 3.16. The van der Waals surface area contributed by atoms with Crippen LogP contribution in [0.4, 0.5) is 0 Å². The first-order valence-electron chi connectivity index (χ1n) is 2.20. The highest BCUT2D eigenvalue weighted by Gasteiger charge is 1.92. The van der Waals surface area contributed by atoms with Gasteiger partial charge in [0.1, 0.15) is 0 Å². The molecule has 0 aliphatic rings. The zero-order valence-electron chi connectivity index (χ0n) is 4.55. The van der Waals surface area contributed by atoms with Crippen molar-refractivity contribution < 1.29 is 4.74 Å². The van der Waals surface area contributed by atoms with Gasteiger partial charge in [0, 0.05) is 13.7 Å². The number of rotatable bonds is 3. The van der Waals surface area contributed by atoms with E-state index >= 15 is 0 Å². The molecule has 0 saturated carbocycles. The van der Waals surface area contributed by atoms with Crippen LogP contribution in [-0.4, -0.2) is 19.8 Å². The third-order valence-electron chi connectivity index (χ3n) is 0.798. The maximum absolute atomic E-state index is 5.20. The first-order valence-corrected chi connectivity index (χ1v) is 2.20. The van der Waals surface area contributed by atoms with Crippen LogP contribution in [0, 0.1) is 0 Å². The molecule has 2 N–H and O–H groups in total. The summed E-state index contributed by atoms with van der Waals surface area (Å²) in [6.45, 7) is 4.01. The third kappa shape index (κ3) is 2.37. The lowest BCUT2D eigenvalue weighted by atomic mass is 10.4. The minimum Gasteiger partial charge on any atom is -0.376 e. The molecule has 0 fully saturated rings. The summed E-state index contributed by atoms with van der Waals surface area (Å²) >= 11 is 0. The van der Waals surface area contributed by atoms with Crippen LogP contribution in [0.1, 0.15) is 0 Å². The molecule has 0 amide bonds. The number of methoxy groups -OCH3 is 1. The van der Waals surface area contributed by atoms with E-state index in [-0.39, 0.29) is 6.10 Å². The summed E-state index contributed by atoms with van der Waals surface area (Å²) in [5, 5.41) is 0. The lowest BCUT2D eigenvalue weighted by Gasteiger charge is -2.03. The molecule has 2 heteroatoms. The van der Waals surface area contributed by atoms with Gasteiger partial charge in [-0.3, -0.25) is 0 Å². The monoisotopic (exact) mass is 101 g/mol. The molecule has 0 radical (unpaired) electrons. The molecule has 1 unspecified atom stereocenters. The van der Waals surface area contributed by atoms with E-state index in [4.69, 9.17) is 10.5 Å². The number of ether oxygens (including phenoxy) is 1. The highest BCUT2D eigenvalue weighted by atomic mass is 16.5. The van der Waals surface area contributed by atoms with E-state index < -0.39 is 0 Å². The molecule has 0 saturated heterocycles. The standard InChI is InChI=1S/C5H11NO/c1-3-5(4-6)7-2/h3,5H,1,4,6H2,2H3. The molecule has 0 aliphatic heterocycles. The van der Waals surface area contributed by atoms with Crippen LogP contribution in [0.15, 0.2) is 12.7 Å². The summed E-state index contributed by atoms with van der Waals surface area (Å²) in [7, 11) is 1.61. The van der Waals surface area contributed by atoms with E-state index in [1.165, 1.54) is 0 Å². The molecule has 0 aromatic carbocycles. The van der Waals surface area contributed by atoms with E-state index in [0.717, 1.165) is 0 Å². The number of nitrogens with two attached hydrogens (primary N) is 1. The SMILES string of the molecule is C=CC(CN)OC. The molecule has 7 heavy (non-hydrogen) atoms. The predicted octanol–water partition coefficient (Wildman–Crippen LogP) is 0.146. The molecule has 2 nitrogen and oxygen atoms in total. The van der Waals surface area contributed by atoms with Crippen molar-refractivity contribution in [1.82, 2.24) is 0 Å². The Kier molecular flexibility index (Phi) is 3.65. The topological polar surface area (TPSA) is 35.2 Å². The Morgan fingerprint density at radius 2 is 2.57 bits per heavy atom. The van der Waals surface area contributed by atoms with Crippen LogP contribution in [0.3, 0.4) is 0 Å². The van der Waals surface area contributed by atoms with Crippen molar-refractivity contribution in [3.8, 4) is 0 Å². The summed E-state index contributed by atoms with van der Waals surface area (Å²) in [6.07, 6.45) is 1.71. The molecular formula is C5H11NO. The van der Waals surface area contributed by atoms with Gasteiger partial charge in [0.15, 0.2) is 0 Å². The summed E-state index contributed by atoms with van der Waals surface area (Å²) in [5.41, 5.74) is 5.20. The Bertz CT molecular complexity index is 50.0. The highest BCUT2D eigenvalue weighted by molar-refractivity contribution is 4.79. The van der Waals surface area contributed by atoms with Crippen LogP contribution in [-0.2, 0) is 4.74 Å². The summed E-state index contributed by atoms with van der Waals surface area (Å²) in [4.78, 5) is 0. The van der Waals surface area contributed by atoms with Crippen molar-refractivity contribution in [2.24, 2.45) is 5.73 Å². The maximum atomic E-state index is 5.20. The quantitative estimate of drug-likeness (QED) is 0.513. The predicted molar refractivity (Wildman–Crippen MR) is 30.0 cm³/mol. The van der Waals surface area contributed by atoms with Crippen molar-refractivity contribution in [3.05, 3.63) is 12.7 Å². The Labute approximate surface area is 44.0 Å². The van der Waals surface area contributed by atoms with Gasteiger partial charge in [0.2, 0.25) is 0 Å². The van der Waals surface area contributed by atoms with Gasteiger partial charge >= 0.3 is 0 Å². The van der Waals surface area contributed by atoms with E-state index in [0.29, 0.717) is 6.54 Å². The summed E-state index contributed by atoms with van der Waals surface area (Å²) in [5.74, 6) is 0. The molecule has 0 aromatic heterocycles. The first kappa shape index (κ1) is 6.66. The molecular weight excluding hydrogens is 90.1 g/mol. The molecule has 0 heterocycles. The van der Waals surface area contributed by atoms with Crippen molar-refractivity contribution in [2.45, 2.75) is 6.10 Å². The lowest BCUT2D eigenvalue weighted by Crippen LogP contribution is -2.18. The Morgan fingerprint density at radius 3 is 2.57 bits per heavy atom. The zero-order valence-corrected chi connectivity index (χ0v) is 4.55. The fraction of sp³-hybridized carbons (Fsp3) is 0.600. The third-order valence-corrected chi connectivity index (χ3v) is 0.798. The smallest absolute Gasteiger partial charge is 0.0871 e. The van der Waals surface area contributed by atoms with Crippen molar-refractivity contribution in [3.63, 3.8) is 0 Å². The van der Waals surface area contributed by atoms with Gasteiger partial charge in [-0.25, -0.2) is 0 Å². The van der Waals surface area contributed by atoms with Crippen molar-refractivity contribution in [2.75, 3.05) is 13.7 Å². The molecule has 1 atom stereocenters. The van der Waals surface area contributed by atoms with Crippen LogP contribution in [0.5, 0.6) is 0 Å². The second-order valence-corrected chi connectivity index (χ2v) is 1.25. The molecule has 0 spiro atoms. The summed E-state index contributed by atoms with van der Waals surface area (Å²) < 4.78 is 4.81. The van der Waals surface area contributed by atoms with Gasteiger partial charge in [-0.05, 0) is 0 Å². The minimum atomic E-state index is 0.0278. The Hall–Kier alpha value is -0.340. The normalized spacial score (nSPS) is 13.4. The van der Waals surface area contributed by atoms with Gasteiger partial charge < -0.3 is 10.5 Å². The van der Waals surface area contributed by atoms with Crippen LogP contribution >= 0.6 is 0 Å². The molecule has 42 valence electrons. The van der Waals surface area contributed by atoms with E-state index in [1.54, 1.807) is 13.2 Å². The lowest BCUT2D eigenvalue weighted by molar-refractivity contribution is 0.148. The highest BCUT2D eigenvalue weighted by Crippen LogP contribution is 1.83. The maximum Gasteiger partial charge on any atom is 0.0871 e.